The van der Waals surface area contributed by atoms with E-state index in [0.29, 0.717) is 18.8 Å². The van der Waals surface area contributed by atoms with Crippen molar-refractivity contribution < 1.29 is 12.8 Å². The first-order valence-corrected chi connectivity index (χ1v) is 7.47. The molecule has 2 aromatic rings. The van der Waals surface area contributed by atoms with Gasteiger partial charge in [-0.2, -0.15) is 5.10 Å². The van der Waals surface area contributed by atoms with Crippen LogP contribution in [0.25, 0.3) is 11.5 Å². The second kappa shape index (κ2) is 5.55. The molecule has 2 rings (SSSR count). The van der Waals surface area contributed by atoms with E-state index in [0.717, 1.165) is 17.0 Å². The summed E-state index contributed by atoms with van der Waals surface area (Å²) >= 11 is 0. The third kappa shape index (κ3) is 3.91. The Hall–Kier alpha value is -1.64. The molecule has 4 N–H and O–H groups in total. The number of aromatic nitrogens is 2. The summed E-state index contributed by atoms with van der Waals surface area (Å²) in [5, 5.41) is 14.8. The lowest BCUT2D eigenvalue weighted by atomic mass is 10.2. The Balaban J connectivity index is 1.97. The Kier molecular flexibility index (Phi) is 4.03. The second-order valence-electron chi connectivity index (χ2n) is 4.22. The number of nitrogens with zero attached hydrogens (tertiary/aromatic N) is 1. The maximum atomic E-state index is 10.8. The van der Waals surface area contributed by atoms with Gasteiger partial charge in [0, 0.05) is 18.7 Å². The van der Waals surface area contributed by atoms with E-state index in [1.807, 2.05) is 19.1 Å². The van der Waals surface area contributed by atoms with E-state index in [4.69, 9.17) is 9.56 Å². The van der Waals surface area contributed by atoms with Crippen LogP contribution in [0.1, 0.15) is 11.3 Å². The third-order valence-corrected chi connectivity index (χ3v) is 3.36. The maximum Gasteiger partial charge on any atom is 0.210 e. The lowest BCUT2D eigenvalue weighted by Gasteiger charge is -2.03. The number of aryl methyl sites for hydroxylation is 1. The summed E-state index contributed by atoms with van der Waals surface area (Å²) in [6.45, 7) is 2.64. The summed E-state index contributed by atoms with van der Waals surface area (Å²) in [7, 11) is -3.43. The van der Waals surface area contributed by atoms with Gasteiger partial charge in [0.1, 0.15) is 11.5 Å². The van der Waals surface area contributed by atoms with Crippen LogP contribution in [0.3, 0.4) is 0 Å². The molecule has 0 amide bonds. The molecule has 0 aromatic carbocycles. The zero-order valence-corrected chi connectivity index (χ0v) is 11.3. The fourth-order valence-electron chi connectivity index (χ4n) is 1.66. The molecular weight excluding hydrogens is 268 g/mol. The van der Waals surface area contributed by atoms with Gasteiger partial charge < -0.3 is 9.73 Å². The summed E-state index contributed by atoms with van der Waals surface area (Å²) in [6.07, 6.45) is 1.68. The molecule has 0 atom stereocenters. The van der Waals surface area contributed by atoms with Crippen molar-refractivity contribution in [1.29, 1.82) is 0 Å². The number of sulfonamides is 1. The van der Waals surface area contributed by atoms with Crippen molar-refractivity contribution >= 4 is 10.0 Å². The van der Waals surface area contributed by atoms with Crippen LogP contribution in [-0.2, 0) is 16.6 Å². The Morgan fingerprint density at radius 3 is 2.89 bits per heavy atom. The Morgan fingerprint density at radius 2 is 2.26 bits per heavy atom. The molecular formula is C11H16N4O3S. The summed E-state index contributed by atoms with van der Waals surface area (Å²) in [5.41, 5.74) is 1.69. The first-order valence-electron chi connectivity index (χ1n) is 5.76. The van der Waals surface area contributed by atoms with Crippen molar-refractivity contribution in [3.63, 3.8) is 0 Å². The molecule has 0 saturated heterocycles. The largest absolute Gasteiger partial charge is 0.460 e. The van der Waals surface area contributed by atoms with Crippen LogP contribution in [0, 0.1) is 6.92 Å². The first-order chi connectivity index (χ1) is 8.96. The second-order valence-corrected chi connectivity index (χ2v) is 5.96. The lowest BCUT2D eigenvalue weighted by molar-refractivity contribution is 0.545. The van der Waals surface area contributed by atoms with E-state index in [1.165, 1.54) is 0 Å². The molecule has 2 aromatic heterocycles. The van der Waals surface area contributed by atoms with Gasteiger partial charge in [-0.25, -0.2) is 13.6 Å². The fraction of sp³-hybridized carbons (Fsp3) is 0.364. The fourth-order valence-corrected chi connectivity index (χ4v) is 2.09. The van der Waals surface area contributed by atoms with Gasteiger partial charge in [0.05, 0.1) is 11.9 Å². The van der Waals surface area contributed by atoms with Gasteiger partial charge in [-0.3, -0.25) is 5.10 Å². The number of hydrogen-bond donors (Lipinski definition) is 3. The number of nitrogens with two attached hydrogens (primary N) is 1. The average Bonchev–Trinajstić information content (AvgIpc) is 2.91. The number of furan rings is 1. The maximum absolute atomic E-state index is 10.8. The van der Waals surface area contributed by atoms with Crippen LogP contribution in [0.5, 0.6) is 0 Å². The molecule has 0 fully saturated rings. The van der Waals surface area contributed by atoms with Gasteiger partial charge in [-0.1, -0.05) is 0 Å². The van der Waals surface area contributed by atoms with E-state index in [9.17, 15) is 8.42 Å². The lowest BCUT2D eigenvalue weighted by Crippen LogP contribution is -2.26. The highest BCUT2D eigenvalue weighted by molar-refractivity contribution is 7.89. The Labute approximate surface area is 111 Å². The van der Waals surface area contributed by atoms with Gasteiger partial charge in [0.25, 0.3) is 0 Å². The van der Waals surface area contributed by atoms with Crippen LogP contribution in [0.2, 0.25) is 0 Å². The molecule has 19 heavy (non-hydrogen) atoms. The molecule has 0 bridgehead atoms. The summed E-state index contributed by atoms with van der Waals surface area (Å²) < 4.78 is 27.1. The molecule has 0 aliphatic heterocycles. The molecule has 0 saturated carbocycles. The molecule has 0 spiro atoms. The molecule has 0 aliphatic rings. The predicted molar refractivity (Wildman–Crippen MR) is 70.7 cm³/mol. The Bertz CT molecular complexity index is 644. The van der Waals surface area contributed by atoms with Gasteiger partial charge in [0.15, 0.2) is 5.76 Å². The van der Waals surface area contributed by atoms with Crippen LogP contribution >= 0.6 is 0 Å². The van der Waals surface area contributed by atoms with E-state index in [1.54, 1.807) is 6.20 Å². The molecule has 0 unspecified atom stereocenters. The average molecular weight is 284 g/mol. The minimum Gasteiger partial charge on any atom is -0.460 e. The number of nitrogens with one attached hydrogen (secondary N) is 2. The van der Waals surface area contributed by atoms with Crippen molar-refractivity contribution in [3.05, 3.63) is 29.7 Å². The van der Waals surface area contributed by atoms with Crippen molar-refractivity contribution in [3.8, 4) is 11.5 Å². The van der Waals surface area contributed by atoms with Crippen molar-refractivity contribution in [1.82, 2.24) is 15.5 Å². The van der Waals surface area contributed by atoms with Crippen molar-refractivity contribution in [2.24, 2.45) is 5.14 Å². The van der Waals surface area contributed by atoms with Gasteiger partial charge in [0.2, 0.25) is 10.0 Å². The van der Waals surface area contributed by atoms with Crippen LogP contribution in [0.4, 0.5) is 0 Å². The molecule has 7 nitrogen and oxygen atoms in total. The highest BCUT2D eigenvalue weighted by atomic mass is 32.2. The summed E-state index contributed by atoms with van der Waals surface area (Å²) in [6, 6.07) is 3.73. The predicted octanol–water partition coefficient (Wildman–Crippen LogP) is 0.356. The minimum atomic E-state index is -3.43. The van der Waals surface area contributed by atoms with Gasteiger partial charge in [-0.15, -0.1) is 0 Å². The highest BCUT2D eigenvalue weighted by Gasteiger charge is 2.11. The van der Waals surface area contributed by atoms with Crippen molar-refractivity contribution in [2.45, 2.75) is 13.5 Å². The number of hydrogen-bond acceptors (Lipinski definition) is 5. The van der Waals surface area contributed by atoms with E-state index in [-0.39, 0.29) is 5.75 Å². The highest BCUT2D eigenvalue weighted by Crippen LogP contribution is 2.22. The summed E-state index contributed by atoms with van der Waals surface area (Å²) in [5.74, 6) is 1.43. The number of primary sulfonamides is 1. The van der Waals surface area contributed by atoms with Crippen LogP contribution in [-0.4, -0.2) is 30.9 Å². The molecule has 0 aliphatic carbocycles. The van der Waals surface area contributed by atoms with Gasteiger partial charge >= 0.3 is 0 Å². The monoisotopic (exact) mass is 284 g/mol. The zero-order valence-electron chi connectivity index (χ0n) is 10.5. The normalized spacial score (nSPS) is 11.9. The topological polar surface area (TPSA) is 114 Å². The van der Waals surface area contributed by atoms with Crippen LogP contribution in [0.15, 0.2) is 22.7 Å². The molecule has 2 heterocycles. The molecule has 8 heteroatoms. The van der Waals surface area contributed by atoms with Gasteiger partial charge in [-0.05, 0) is 19.1 Å². The number of rotatable bonds is 6. The van der Waals surface area contributed by atoms with E-state index in [2.05, 4.69) is 15.5 Å². The SMILES string of the molecule is Cc1ccc(-c2[nH]ncc2CNCCS(N)(=O)=O)o1. The Morgan fingerprint density at radius 1 is 1.47 bits per heavy atom. The molecule has 0 radical (unpaired) electrons. The standard InChI is InChI=1S/C11H16N4O3S/c1-8-2-3-10(18-8)11-9(7-14-15-11)6-13-4-5-19(12,16)17/h2-3,7,13H,4-6H2,1H3,(H,14,15)(H2,12,16,17). The first kappa shape index (κ1) is 13.8. The number of H-pyrrole nitrogens is 1. The quantitative estimate of drug-likeness (QED) is 0.662. The number of aromatic amines is 1. The molecule has 104 valence electrons. The van der Waals surface area contributed by atoms with Crippen LogP contribution < -0.4 is 10.5 Å². The zero-order chi connectivity index (χ0) is 13.9. The van der Waals surface area contributed by atoms with E-state index < -0.39 is 10.0 Å². The minimum absolute atomic E-state index is 0.0972. The van der Waals surface area contributed by atoms with Crippen molar-refractivity contribution in [2.75, 3.05) is 12.3 Å². The summed E-state index contributed by atoms with van der Waals surface area (Å²) in [4.78, 5) is 0. The van der Waals surface area contributed by atoms with E-state index >= 15 is 0 Å². The smallest absolute Gasteiger partial charge is 0.210 e. The third-order valence-electron chi connectivity index (χ3n) is 2.58.